The van der Waals surface area contributed by atoms with Crippen LogP contribution in [0.5, 0.6) is 5.75 Å². The zero-order valence-electron chi connectivity index (χ0n) is 13.4. The van der Waals surface area contributed by atoms with Crippen molar-refractivity contribution < 1.29 is 19.4 Å². The number of ether oxygens (including phenoxy) is 1. The second kappa shape index (κ2) is 9.82. The van der Waals surface area contributed by atoms with Crippen LogP contribution >= 0.6 is 0 Å². The van der Waals surface area contributed by atoms with Crippen LogP contribution in [0.25, 0.3) is 0 Å². The van der Waals surface area contributed by atoms with Crippen LogP contribution in [-0.4, -0.2) is 30.1 Å². The highest BCUT2D eigenvalue weighted by atomic mass is 16.5. The van der Waals surface area contributed by atoms with Crippen molar-refractivity contribution in [2.24, 2.45) is 0 Å². The third kappa shape index (κ3) is 7.67. The van der Waals surface area contributed by atoms with E-state index in [0.717, 1.165) is 24.8 Å². The van der Waals surface area contributed by atoms with Crippen molar-refractivity contribution in [3.8, 4) is 5.75 Å². The summed E-state index contributed by atoms with van der Waals surface area (Å²) in [5, 5.41) is 11.3. The van der Waals surface area contributed by atoms with Crippen molar-refractivity contribution in [1.82, 2.24) is 5.32 Å². The molecular weight excluding hydrogens is 282 g/mol. The Hall–Kier alpha value is -2.04. The van der Waals surface area contributed by atoms with Crippen LogP contribution in [-0.2, 0) is 9.59 Å². The van der Waals surface area contributed by atoms with Gasteiger partial charge in [0.05, 0.1) is 0 Å². The van der Waals surface area contributed by atoms with Crippen molar-refractivity contribution in [3.05, 3.63) is 29.3 Å². The van der Waals surface area contributed by atoms with Crippen LogP contribution in [0.4, 0.5) is 0 Å². The number of aryl methyl sites for hydroxylation is 2. The van der Waals surface area contributed by atoms with Crippen molar-refractivity contribution in [1.29, 1.82) is 0 Å². The average molecular weight is 307 g/mol. The first kappa shape index (κ1) is 18.0. The molecule has 122 valence electrons. The molecule has 0 aliphatic carbocycles. The maximum absolute atomic E-state index is 11.6. The number of carboxylic acids is 1. The number of benzene rings is 1. The standard InChI is InChI=1S/C17H25NO4/c1-13-8-9-15(11-14(13)2)22-12-16(19)18-10-6-4-3-5-7-17(20)21/h8-9,11H,3-7,10,12H2,1-2H3,(H,18,19)(H,20,21). The highest BCUT2D eigenvalue weighted by Gasteiger charge is 2.03. The van der Waals surface area contributed by atoms with Crippen LogP contribution < -0.4 is 10.1 Å². The quantitative estimate of drug-likeness (QED) is 0.652. The van der Waals surface area contributed by atoms with Crippen LogP contribution in [0.3, 0.4) is 0 Å². The summed E-state index contributed by atoms with van der Waals surface area (Å²) >= 11 is 0. The zero-order chi connectivity index (χ0) is 16.4. The Morgan fingerprint density at radius 1 is 1.09 bits per heavy atom. The molecule has 0 aromatic heterocycles. The van der Waals surface area contributed by atoms with Crippen molar-refractivity contribution >= 4 is 11.9 Å². The molecule has 0 aliphatic rings. The predicted molar refractivity (Wildman–Crippen MR) is 85.1 cm³/mol. The van der Waals surface area contributed by atoms with E-state index < -0.39 is 5.97 Å². The number of carbonyl (C=O) groups is 2. The number of unbranched alkanes of at least 4 members (excludes halogenated alkanes) is 3. The molecule has 0 aliphatic heterocycles. The minimum absolute atomic E-state index is 0.0154. The molecule has 22 heavy (non-hydrogen) atoms. The Balaban J connectivity index is 2.08. The van der Waals surface area contributed by atoms with Crippen molar-refractivity contribution in [2.45, 2.75) is 46.0 Å². The lowest BCUT2D eigenvalue weighted by Crippen LogP contribution is -2.29. The molecule has 0 fully saturated rings. The van der Waals surface area contributed by atoms with Crippen molar-refractivity contribution in [2.75, 3.05) is 13.2 Å². The number of nitrogens with one attached hydrogen (secondary N) is 1. The molecule has 0 unspecified atom stereocenters. The second-order valence-corrected chi connectivity index (χ2v) is 5.44. The van der Waals surface area contributed by atoms with Gasteiger partial charge in [-0.15, -0.1) is 0 Å². The minimum Gasteiger partial charge on any atom is -0.484 e. The number of amides is 1. The van der Waals surface area contributed by atoms with Crippen LogP contribution in [0, 0.1) is 13.8 Å². The number of hydrogen-bond donors (Lipinski definition) is 2. The van der Waals surface area contributed by atoms with Gasteiger partial charge < -0.3 is 15.2 Å². The molecule has 0 spiro atoms. The SMILES string of the molecule is Cc1ccc(OCC(=O)NCCCCCCC(=O)O)cc1C. The first-order chi connectivity index (χ1) is 10.5. The summed E-state index contributed by atoms with van der Waals surface area (Å²) in [4.78, 5) is 22.0. The third-order valence-electron chi connectivity index (χ3n) is 3.49. The molecule has 1 aromatic rings. The van der Waals surface area contributed by atoms with Crippen LogP contribution in [0.1, 0.15) is 43.2 Å². The van der Waals surface area contributed by atoms with E-state index in [1.807, 2.05) is 32.0 Å². The fraction of sp³-hybridized carbons (Fsp3) is 0.529. The monoisotopic (exact) mass is 307 g/mol. The molecule has 0 atom stereocenters. The van der Waals surface area contributed by atoms with Gasteiger partial charge in [0.2, 0.25) is 0 Å². The van der Waals surface area contributed by atoms with Crippen molar-refractivity contribution in [3.63, 3.8) is 0 Å². The number of carbonyl (C=O) groups excluding carboxylic acids is 1. The Morgan fingerprint density at radius 3 is 2.50 bits per heavy atom. The van der Waals surface area contributed by atoms with Gasteiger partial charge in [0.1, 0.15) is 5.75 Å². The summed E-state index contributed by atoms with van der Waals surface area (Å²) in [7, 11) is 0. The molecule has 0 bridgehead atoms. The molecule has 0 heterocycles. The smallest absolute Gasteiger partial charge is 0.303 e. The van der Waals surface area contributed by atoms with E-state index >= 15 is 0 Å². The van der Waals surface area contributed by atoms with Gasteiger partial charge in [-0.2, -0.15) is 0 Å². The third-order valence-corrected chi connectivity index (χ3v) is 3.49. The number of hydrogen-bond acceptors (Lipinski definition) is 3. The van der Waals surface area contributed by atoms with Gasteiger partial charge in [0, 0.05) is 13.0 Å². The molecule has 0 saturated carbocycles. The Morgan fingerprint density at radius 2 is 1.82 bits per heavy atom. The fourth-order valence-corrected chi connectivity index (χ4v) is 1.99. The summed E-state index contributed by atoms with van der Waals surface area (Å²) in [6.07, 6.45) is 3.57. The molecule has 1 amide bonds. The van der Waals surface area contributed by atoms with Gasteiger partial charge in [-0.05, 0) is 49.9 Å². The van der Waals surface area contributed by atoms with E-state index in [1.165, 1.54) is 5.56 Å². The van der Waals surface area contributed by atoms with E-state index in [1.54, 1.807) is 0 Å². The summed E-state index contributed by atoms with van der Waals surface area (Å²) < 4.78 is 5.45. The van der Waals surface area contributed by atoms with Gasteiger partial charge in [0.25, 0.3) is 5.91 Å². The molecule has 1 rings (SSSR count). The molecule has 0 radical (unpaired) electrons. The van der Waals surface area contributed by atoms with E-state index in [2.05, 4.69) is 5.32 Å². The second-order valence-electron chi connectivity index (χ2n) is 5.44. The van der Waals surface area contributed by atoms with E-state index in [4.69, 9.17) is 9.84 Å². The lowest BCUT2D eigenvalue weighted by atomic mass is 10.1. The number of rotatable bonds is 10. The first-order valence-corrected chi connectivity index (χ1v) is 7.67. The van der Waals surface area contributed by atoms with Gasteiger partial charge in [0.15, 0.2) is 6.61 Å². The molecule has 0 saturated heterocycles. The predicted octanol–water partition coefficient (Wildman–Crippen LogP) is 2.83. The summed E-state index contributed by atoms with van der Waals surface area (Å²) in [5.41, 5.74) is 2.33. The van der Waals surface area contributed by atoms with Crippen LogP contribution in [0.15, 0.2) is 18.2 Å². The molecule has 1 aromatic carbocycles. The van der Waals surface area contributed by atoms with Gasteiger partial charge in [-0.25, -0.2) is 0 Å². The molecule has 2 N–H and O–H groups in total. The first-order valence-electron chi connectivity index (χ1n) is 7.67. The maximum Gasteiger partial charge on any atom is 0.303 e. The van der Waals surface area contributed by atoms with E-state index in [9.17, 15) is 9.59 Å². The number of aliphatic carboxylic acids is 1. The average Bonchev–Trinajstić information content (AvgIpc) is 2.47. The minimum atomic E-state index is -0.753. The normalized spacial score (nSPS) is 10.3. The Bertz CT molecular complexity index is 499. The van der Waals surface area contributed by atoms with Gasteiger partial charge in [-0.1, -0.05) is 18.9 Å². The summed E-state index contributed by atoms with van der Waals surface area (Å²) in [6.45, 7) is 4.65. The Labute approximate surface area is 131 Å². The van der Waals surface area contributed by atoms with Crippen LogP contribution in [0.2, 0.25) is 0 Å². The number of carboxylic acid groups (broad SMARTS) is 1. The maximum atomic E-state index is 11.6. The van der Waals surface area contributed by atoms with Gasteiger partial charge >= 0.3 is 5.97 Å². The lowest BCUT2D eigenvalue weighted by Gasteiger charge is -2.09. The lowest BCUT2D eigenvalue weighted by molar-refractivity contribution is -0.137. The molecule has 5 nitrogen and oxygen atoms in total. The topological polar surface area (TPSA) is 75.6 Å². The zero-order valence-corrected chi connectivity index (χ0v) is 13.4. The van der Waals surface area contributed by atoms with E-state index in [0.29, 0.717) is 18.7 Å². The molecule has 5 heteroatoms. The van der Waals surface area contributed by atoms with E-state index in [-0.39, 0.29) is 18.9 Å². The largest absolute Gasteiger partial charge is 0.484 e. The fourth-order valence-electron chi connectivity index (χ4n) is 1.99. The highest BCUT2D eigenvalue weighted by Crippen LogP contribution is 2.16. The van der Waals surface area contributed by atoms with Gasteiger partial charge in [-0.3, -0.25) is 9.59 Å². The molecular formula is C17H25NO4. The summed E-state index contributed by atoms with van der Waals surface area (Å²) in [6, 6.07) is 5.75. The summed E-state index contributed by atoms with van der Waals surface area (Å²) in [5.74, 6) is -0.188. The highest BCUT2D eigenvalue weighted by molar-refractivity contribution is 5.77. The Kier molecular flexibility index (Phi) is 8.04.